The fourth-order valence-electron chi connectivity index (χ4n) is 2.56. The molecule has 4 heteroatoms. The molecule has 0 saturated heterocycles. The van der Waals surface area contributed by atoms with Gasteiger partial charge in [-0.25, -0.2) is 4.98 Å². The van der Waals surface area contributed by atoms with E-state index in [0.717, 1.165) is 42.0 Å². The van der Waals surface area contributed by atoms with Gasteiger partial charge in [0.1, 0.15) is 10.4 Å². The highest BCUT2D eigenvalue weighted by atomic mass is 79.9. The number of nitrogens with one attached hydrogen (secondary N) is 1. The second-order valence-electron chi connectivity index (χ2n) is 5.28. The van der Waals surface area contributed by atoms with Crippen LogP contribution in [0.2, 0.25) is 0 Å². The van der Waals surface area contributed by atoms with Crippen molar-refractivity contribution in [2.45, 2.75) is 44.6 Å². The summed E-state index contributed by atoms with van der Waals surface area (Å²) < 4.78 is 0.814. The van der Waals surface area contributed by atoms with Crippen LogP contribution in [0.1, 0.15) is 39.0 Å². The van der Waals surface area contributed by atoms with Gasteiger partial charge in [-0.1, -0.05) is 19.4 Å². The number of halogens is 1. The Balaban J connectivity index is 1.86. The zero-order chi connectivity index (χ0) is 13.0. The second kappa shape index (κ2) is 6.02. The fraction of sp³-hybridized carbons (Fsp3) is 0.643. The molecule has 0 bridgehead atoms. The van der Waals surface area contributed by atoms with Crippen LogP contribution in [0, 0.1) is 5.92 Å². The first-order chi connectivity index (χ1) is 8.61. The Morgan fingerprint density at radius 2 is 2.17 bits per heavy atom. The Hall–Kier alpha value is -0.610. The average molecular weight is 313 g/mol. The summed E-state index contributed by atoms with van der Waals surface area (Å²) in [4.78, 5) is 4.31. The van der Waals surface area contributed by atoms with E-state index in [4.69, 9.17) is 0 Å². The normalized spacial score (nSPS) is 28.1. The lowest BCUT2D eigenvalue weighted by atomic mass is 9.78. The Morgan fingerprint density at radius 1 is 1.44 bits per heavy atom. The third kappa shape index (κ3) is 3.69. The summed E-state index contributed by atoms with van der Waals surface area (Å²) in [6.07, 6.45) is 5.30. The molecule has 2 rings (SSSR count). The Kier molecular flexibility index (Phi) is 4.62. The molecule has 1 fully saturated rings. The molecular weight excluding hydrogens is 292 g/mol. The summed E-state index contributed by atoms with van der Waals surface area (Å²) in [5.41, 5.74) is -0.560. The summed E-state index contributed by atoms with van der Waals surface area (Å²) in [7, 11) is 0. The topological polar surface area (TPSA) is 45.1 Å². The molecule has 0 atom stereocenters. The molecule has 0 amide bonds. The lowest BCUT2D eigenvalue weighted by Gasteiger charge is -2.36. The third-order valence-electron chi connectivity index (χ3n) is 3.93. The summed E-state index contributed by atoms with van der Waals surface area (Å²) in [6.45, 7) is 2.82. The van der Waals surface area contributed by atoms with Crippen molar-refractivity contribution in [2.24, 2.45) is 5.92 Å². The number of anilines is 1. The van der Waals surface area contributed by atoms with Crippen molar-refractivity contribution >= 4 is 21.7 Å². The zero-order valence-corrected chi connectivity index (χ0v) is 12.4. The summed E-state index contributed by atoms with van der Waals surface area (Å²) >= 11 is 3.35. The lowest BCUT2D eigenvalue weighted by molar-refractivity contribution is 0.00223. The highest BCUT2D eigenvalue weighted by Gasteiger charge is 2.32. The van der Waals surface area contributed by atoms with Crippen molar-refractivity contribution in [3.63, 3.8) is 0 Å². The predicted octanol–water partition coefficient (Wildman–Crippen LogP) is 3.59. The monoisotopic (exact) mass is 312 g/mol. The molecule has 1 aromatic heterocycles. The number of pyridine rings is 1. The first kappa shape index (κ1) is 13.8. The first-order valence-electron chi connectivity index (χ1n) is 6.70. The van der Waals surface area contributed by atoms with Gasteiger partial charge in [0.25, 0.3) is 0 Å². The molecule has 1 aliphatic rings. The maximum Gasteiger partial charge on any atom is 0.127 e. The van der Waals surface area contributed by atoms with E-state index in [1.807, 2.05) is 18.2 Å². The van der Waals surface area contributed by atoms with Gasteiger partial charge in [0.2, 0.25) is 0 Å². The average Bonchev–Trinajstić information content (AvgIpc) is 2.38. The van der Waals surface area contributed by atoms with Crippen molar-refractivity contribution in [2.75, 3.05) is 11.9 Å². The maximum absolute atomic E-state index is 10.5. The minimum atomic E-state index is -0.560. The van der Waals surface area contributed by atoms with E-state index in [2.05, 4.69) is 33.2 Å². The number of rotatable bonds is 4. The van der Waals surface area contributed by atoms with E-state index < -0.39 is 5.60 Å². The highest BCUT2D eigenvalue weighted by Crippen LogP contribution is 2.33. The lowest BCUT2D eigenvalue weighted by Crippen LogP contribution is -2.40. The molecule has 1 saturated carbocycles. The molecule has 0 aliphatic heterocycles. The molecule has 3 nitrogen and oxygen atoms in total. The van der Waals surface area contributed by atoms with Crippen LogP contribution in [0.25, 0.3) is 0 Å². The van der Waals surface area contributed by atoms with E-state index in [1.54, 1.807) is 0 Å². The van der Waals surface area contributed by atoms with Gasteiger partial charge in [0, 0.05) is 6.54 Å². The molecule has 0 aromatic carbocycles. The Morgan fingerprint density at radius 3 is 2.78 bits per heavy atom. The van der Waals surface area contributed by atoms with E-state index >= 15 is 0 Å². The number of aliphatic hydroxyl groups is 1. The Labute approximate surface area is 117 Å². The van der Waals surface area contributed by atoms with Crippen molar-refractivity contribution in [1.29, 1.82) is 0 Å². The molecule has 0 unspecified atom stereocenters. The van der Waals surface area contributed by atoms with Gasteiger partial charge in [-0.3, -0.25) is 0 Å². The maximum atomic E-state index is 10.5. The second-order valence-corrected chi connectivity index (χ2v) is 6.09. The summed E-state index contributed by atoms with van der Waals surface area (Å²) in [5.74, 6) is 1.62. The molecule has 1 heterocycles. The molecule has 0 spiro atoms. The predicted molar refractivity (Wildman–Crippen MR) is 77.6 cm³/mol. The molecule has 1 aliphatic carbocycles. The van der Waals surface area contributed by atoms with E-state index in [0.29, 0.717) is 6.54 Å². The third-order valence-corrected chi connectivity index (χ3v) is 4.37. The van der Waals surface area contributed by atoms with Gasteiger partial charge in [-0.05, 0) is 59.7 Å². The van der Waals surface area contributed by atoms with Gasteiger partial charge >= 0.3 is 0 Å². The molecule has 2 N–H and O–H groups in total. The first-order valence-corrected chi connectivity index (χ1v) is 7.49. The number of aromatic nitrogens is 1. The largest absolute Gasteiger partial charge is 0.388 e. The van der Waals surface area contributed by atoms with E-state index in [-0.39, 0.29) is 0 Å². The summed E-state index contributed by atoms with van der Waals surface area (Å²) in [6, 6.07) is 5.76. The standard InChI is InChI=1S/C14H21BrN2O/c1-2-11-6-8-14(18,9-7-11)10-16-13-5-3-4-12(15)17-13/h3-5,11,18H,2,6-10H2,1H3,(H,16,17). The van der Waals surface area contributed by atoms with E-state index in [9.17, 15) is 5.11 Å². The van der Waals surface area contributed by atoms with Crippen LogP contribution in [0.3, 0.4) is 0 Å². The molecule has 0 radical (unpaired) electrons. The quantitative estimate of drug-likeness (QED) is 0.835. The van der Waals surface area contributed by atoms with Crippen LogP contribution >= 0.6 is 15.9 Å². The smallest absolute Gasteiger partial charge is 0.127 e. The van der Waals surface area contributed by atoms with Gasteiger partial charge in [0.05, 0.1) is 5.60 Å². The molecule has 18 heavy (non-hydrogen) atoms. The van der Waals surface area contributed by atoms with Crippen LogP contribution in [0.15, 0.2) is 22.8 Å². The molecular formula is C14H21BrN2O. The van der Waals surface area contributed by atoms with Crippen molar-refractivity contribution in [3.05, 3.63) is 22.8 Å². The SMILES string of the molecule is CCC1CCC(O)(CNc2cccc(Br)n2)CC1. The van der Waals surface area contributed by atoms with Crippen LogP contribution in [0.5, 0.6) is 0 Å². The summed E-state index contributed by atoms with van der Waals surface area (Å²) in [5, 5.41) is 13.8. The van der Waals surface area contributed by atoms with Crippen LogP contribution in [0.4, 0.5) is 5.82 Å². The van der Waals surface area contributed by atoms with Gasteiger partial charge in [-0.15, -0.1) is 0 Å². The molecule has 1 aromatic rings. The molecule has 100 valence electrons. The minimum absolute atomic E-state index is 0.560. The van der Waals surface area contributed by atoms with Gasteiger partial charge in [0.15, 0.2) is 0 Å². The number of hydrogen-bond acceptors (Lipinski definition) is 3. The van der Waals surface area contributed by atoms with Crippen molar-refractivity contribution < 1.29 is 5.11 Å². The van der Waals surface area contributed by atoms with Crippen molar-refractivity contribution in [3.8, 4) is 0 Å². The Bertz CT molecular complexity index is 389. The number of nitrogens with zero attached hydrogens (tertiary/aromatic N) is 1. The highest BCUT2D eigenvalue weighted by molar-refractivity contribution is 9.10. The van der Waals surface area contributed by atoms with Crippen molar-refractivity contribution in [1.82, 2.24) is 4.98 Å². The van der Waals surface area contributed by atoms with E-state index in [1.165, 1.54) is 6.42 Å². The van der Waals surface area contributed by atoms with Gasteiger partial charge in [-0.2, -0.15) is 0 Å². The zero-order valence-electron chi connectivity index (χ0n) is 10.8. The number of hydrogen-bond donors (Lipinski definition) is 2. The fourth-order valence-corrected chi connectivity index (χ4v) is 2.91. The minimum Gasteiger partial charge on any atom is -0.388 e. The van der Waals surface area contributed by atoms with Gasteiger partial charge < -0.3 is 10.4 Å². The van der Waals surface area contributed by atoms with Crippen LogP contribution in [-0.2, 0) is 0 Å². The van der Waals surface area contributed by atoms with Crippen LogP contribution in [-0.4, -0.2) is 22.2 Å². The van der Waals surface area contributed by atoms with Crippen LogP contribution < -0.4 is 5.32 Å².